The molecule has 0 atom stereocenters. The van der Waals surface area contributed by atoms with Gasteiger partial charge >= 0.3 is 18.3 Å². The van der Waals surface area contributed by atoms with E-state index in [4.69, 9.17) is 14.9 Å². The summed E-state index contributed by atoms with van der Waals surface area (Å²) in [6.07, 6.45) is -5.33. The summed E-state index contributed by atoms with van der Waals surface area (Å²) in [4.78, 5) is 44.0. The normalized spacial score (nSPS) is 15.0. The second kappa shape index (κ2) is 14.0. The molecule has 1 aliphatic carbocycles. The highest BCUT2D eigenvalue weighted by Crippen LogP contribution is 2.36. The second-order valence-electron chi connectivity index (χ2n) is 10.6. The molecule has 8 nitrogen and oxygen atoms in total. The monoisotopic (exact) mass is 656 g/mol. The van der Waals surface area contributed by atoms with Gasteiger partial charge in [-0.25, -0.2) is 9.78 Å². The predicted molar refractivity (Wildman–Crippen MR) is 155 cm³/mol. The Hall–Kier alpha value is -4.01. The maximum Gasteiger partial charge on any atom is 0.490 e. The number of carboxylic acid groups (broad SMARTS) is 1. The number of nitrogens with zero attached hydrogens (tertiary/aromatic N) is 4. The van der Waals surface area contributed by atoms with E-state index in [0.717, 1.165) is 36.4 Å². The SMILES string of the molecule is CN(CCC(=O)N1CCc2nc(SC3CCC3)n(-c3ccccc3)c(=O)c2C1)c1ccc(C(F)(F)F)cc1.O=C(O)C(F)(F)F. The number of halogens is 6. The molecule has 1 fully saturated rings. The number of aromatic nitrogens is 2. The molecule has 2 aromatic carbocycles. The second-order valence-corrected chi connectivity index (χ2v) is 11.8. The number of hydrogen-bond donors (Lipinski definition) is 1. The van der Waals surface area contributed by atoms with Crippen LogP contribution in [0, 0.1) is 0 Å². The highest BCUT2D eigenvalue weighted by molar-refractivity contribution is 7.99. The minimum atomic E-state index is -5.08. The number of carbonyl (C=O) groups excluding carboxylic acids is 1. The third kappa shape index (κ3) is 8.59. The molecule has 0 bridgehead atoms. The van der Waals surface area contributed by atoms with Crippen LogP contribution in [0.25, 0.3) is 5.69 Å². The van der Waals surface area contributed by atoms with Crippen LogP contribution in [0.5, 0.6) is 0 Å². The lowest BCUT2D eigenvalue weighted by atomic mass is 10.0. The summed E-state index contributed by atoms with van der Waals surface area (Å²) in [7, 11) is 1.74. The highest BCUT2D eigenvalue weighted by Gasteiger charge is 2.38. The Morgan fingerprint density at radius 3 is 2.18 bits per heavy atom. The Bertz CT molecular complexity index is 1560. The van der Waals surface area contributed by atoms with Gasteiger partial charge in [-0.15, -0.1) is 0 Å². The van der Waals surface area contributed by atoms with Crippen LogP contribution in [0.3, 0.4) is 0 Å². The van der Waals surface area contributed by atoms with Crippen LogP contribution in [-0.2, 0) is 28.7 Å². The first-order valence-corrected chi connectivity index (χ1v) is 14.9. The molecule has 3 aromatic rings. The van der Waals surface area contributed by atoms with Gasteiger partial charge in [0.1, 0.15) is 0 Å². The molecular formula is C30H30F6N4O4S. The molecule has 1 aliphatic heterocycles. The molecule has 1 saturated carbocycles. The number of aliphatic carboxylic acids is 1. The Labute approximate surface area is 258 Å². The number of para-hydroxylation sites is 1. The topological polar surface area (TPSA) is 95.7 Å². The van der Waals surface area contributed by atoms with Crippen molar-refractivity contribution >= 4 is 29.3 Å². The summed E-state index contributed by atoms with van der Waals surface area (Å²) in [5.41, 5.74) is 1.82. The maximum absolute atomic E-state index is 13.7. The number of alkyl halides is 6. The van der Waals surface area contributed by atoms with E-state index in [1.165, 1.54) is 18.6 Å². The number of amides is 1. The van der Waals surface area contributed by atoms with Crippen LogP contribution in [0.1, 0.15) is 42.5 Å². The number of carbonyl (C=O) groups is 2. The van der Waals surface area contributed by atoms with Gasteiger partial charge < -0.3 is 14.9 Å². The smallest absolute Gasteiger partial charge is 0.475 e. The largest absolute Gasteiger partial charge is 0.490 e. The van der Waals surface area contributed by atoms with Gasteiger partial charge in [-0.3, -0.25) is 14.2 Å². The van der Waals surface area contributed by atoms with Crippen molar-refractivity contribution in [1.29, 1.82) is 0 Å². The van der Waals surface area contributed by atoms with Crippen molar-refractivity contribution in [3.05, 3.63) is 81.8 Å². The molecule has 242 valence electrons. The van der Waals surface area contributed by atoms with Gasteiger partial charge in [0.05, 0.1) is 29.1 Å². The van der Waals surface area contributed by atoms with Gasteiger partial charge in [0.25, 0.3) is 5.56 Å². The molecule has 2 heterocycles. The summed E-state index contributed by atoms with van der Waals surface area (Å²) in [6.45, 7) is 1.02. The van der Waals surface area contributed by atoms with Crippen LogP contribution in [0.2, 0.25) is 0 Å². The molecule has 0 unspecified atom stereocenters. The maximum atomic E-state index is 13.7. The number of anilines is 1. The van der Waals surface area contributed by atoms with E-state index in [1.807, 2.05) is 30.3 Å². The van der Waals surface area contributed by atoms with E-state index in [-0.39, 0.29) is 24.4 Å². The molecule has 1 aromatic heterocycles. The first-order valence-electron chi connectivity index (χ1n) is 14.0. The van der Waals surface area contributed by atoms with E-state index < -0.39 is 23.9 Å². The number of carboxylic acids is 1. The molecular weight excluding hydrogens is 626 g/mol. The Kier molecular flexibility index (Phi) is 10.5. The Morgan fingerprint density at radius 1 is 1.02 bits per heavy atom. The third-order valence-electron chi connectivity index (χ3n) is 7.43. The van der Waals surface area contributed by atoms with Gasteiger partial charge in [0.15, 0.2) is 5.16 Å². The highest BCUT2D eigenvalue weighted by atomic mass is 32.2. The lowest BCUT2D eigenvalue weighted by Crippen LogP contribution is -2.42. The molecule has 45 heavy (non-hydrogen) atoms. The van der Waals surface area contributed by atoms with E-state index in [9.17, 15) is 35.9 Å². The van der Waals surface area contributed by atoms with E-state index in [0.29, 0.717) is 41.2 Å². The van der Waals surface area contributed by atoms with Gasteiger partial charge in [0, 0.05) is 43.9 Å². The van der Waals surface area contributed by atoms with Crippen molar-refractivity contribution in [2.24, 2.45) is 0 Å². The zero-order valence-electron chi connectivity index (χ0n) is 24.1. The lowest BCUT2D eigenvalue weighted by molar-refractivity contribution is -0.192. The fourth-order valence-electron chi connectivity index (χ4n) is 4.64. The summed E-state index contributed by atoms with van der Waals surface area (Å²) < 4.78 is 71.9. The molecule has 5 rings (SSSR count). The van der Waals surface area contributed by atoms with Crippen molar-refractivity contribution in [1.82, 2.24) is 14.5 Å². The van der Waals surface area contributed by atoms with E-state index in [1.54, 1.807) is 33.2 Å². The summed E-state index contributed by atoms with van der Waals surface area (Å²) >= 11 is 1.66. The zero-order valence-corrected chi connectivity index (χ0v) is 24.9. The van der Waals surface area contributed by atoms with Crippen molar-refractivity contribution in [2.75, 3.05) is 25.0 Å². The van der Waals surface area contributed by atoms with Crippen molar-refractivity contribution in [3.63, 3.8) is 0 Å². The van der Waals surface area contributed by atoms with Crippen LogP contribution in [0.4, 0.5) is 32.0 Å². The van der Waals surface area contributed by atoms with Crippen molar-refractivity contribution < 1.29 is 41.0 Å². The molecule has 1 N–H and O–H groups in total. The molecule has 2 aliphatic rings. The molecule has 0 saturated heterocycles. The average Bonchev–Trinajstić information content (AvgIpc) is 2.97. The van der Waals surface area contributed by atoms with Gasteiger partial charge in [-0.1, -0.05) is 36.4 Å². The van der Waals surface area contributed by atoms with Gasteiger partial charge in [-0.2, -0.15) is 26.3 Å². The minimum absolute atomic E-state index is 0.104. The summed E-state index contributed by atoms with van der Waals surface area (Å²) in [5.74, 6) is -2.86. The first-order chi connectivity index (χ1) is 21.1. The molecule has 0 spiro atoms. The molecule has 1 amide bonds. The number of fused-ring (bicyclic) bond motifs is 1. The predicted octanol–water partition coefficient (Wildman–Crippen LogP) is 5.94. The number of benzene rings is 2. The van der Waals surface area contributed by atoms with E-state index >= 15 is 0 Å². The zero-order chi connectivity index (χ0) is 32.9. The summed E-state index contributed by atoms with van der Waals surface area (Å²) in [5, 5.41) is 8.31. The van der Waals surface area contributed by atoms with Crippen molar-refractivity contribution in [3.8, 4) is 5.69 Å². The fourth-order valence-corrected chi connectivity index (χ4v) is 5.97. The van der Waals surface area contributed by atoms with Gasteiger partial charge in [-0.05, 0) is 49.2 Å². The van der Waals surface area contributed by atoms with Crippen LogP contribution < -0.4 is 10.5 Å². The number of rotatable bonds is 7. The number of hydrogen-bond acceptors (Lipinski definition) is 6. The van der Waals surface area contributed by atoms with Crippen molar-refractivity contribution in [2.45, 2.75) is 61.4 Å². The average molecular weight is 657 g/mol. The number of thioether (sulfide) groups is 1. The first kappa shape index (κ1) is 33.9. The molecule has 15 heteroatoms. The quantitative estimate of drug-likeness (QED) is 0.249. The minimum Gasteiger partial charge on any atom is -0.475 e. The summed E-state index contributed by atoms with van der Waals surface area (Å²) in [6, 6.07) is 14.4. The third-order valence-corrected chi connectivity index (χ3v) is 8.72. The fraction of sp³-hybridized carbons (Fsp3) is 0.400. The van der Waals surface area contributed by atoms with Gasteiger partial charge in [0.2, 0.25) is 5.91 Å². The Morgan fingerprint density at radius 2 is 1.64 bits per heavy atom. The van der Waals surface area contributed by atoms with Crippen LogP contribution >= 0.6 is 11.8 Å². The Balaban J connectivity index is 0.000000591. The lowest BCUT2D eigenvalue weighted by Gasteiger charge is -2.31. The van der Waals surface area contributed by atoms with E-state index in [2.05, 4.69) is 0 Å². The molecule has 0 radical (unpaired) electrons. The van der Waals surface area contributed by atoms with Crippen LogP contribution in [0.15, 0.2) is 64.5 Å². The van der Waals surface area contributed by atoms with Crippen LogP contribution in [-0.4, -0.2) is 63.0 Å². The standard InChI is InChI=1S/C28H29F3N4O2S.C2HF3O2/c1-33(20-12-10-19(11-13-20)28(29,30)31)16-15-25(36)34-17-14-24-23(18-34)26(37)35(21-6-3-2-4-7-21)27(32-24)38-22-8-5-9-22;3-2(4,5)1(6)7/h2-4,6-7,10-13,22H,5,8-9,14-18H2,1H3;(H,6,7).